The van der Waals surface area contributed by atoms with Crippen LogP contribution in [0.4, 0.5) is 9.18 Å². The molecule has 0 unspecified atom stereocenters. The minimum absolute atomic E-state index is 0.227. The summed E-state index contributed by atoms with van der Waals surface area (Å²) in [6.07, 6.45) is -0.257. The molecule has 6 heteroatoms. The number of esters is 1. The van der Waals surface area contributed by atoms with Crippen molar-refractivity contribution in [1.29, 1.82) is 0 Å². The molecule has 0 aromatic heterocycles. The Morgan fingerprint density at radius 3 is 2.55 bits per heavy atom. The van der Waals surface area contributed by atoms with Gasteiger partial charge in [0.25, 0.3) is 0 Å². The van der Waals surface area contributed by atoms with Crippen LogP contribution in [0.15, 0.2) is 18.2 Å². The van der Waals surface area contributed by atoms with Crippen molar-refractivity contribution in [3.05, 3.63) is 35.1 Å². The molecular formula is C16H22FNO4. The van der Waals surface area contributed by atoms with Crippen LogP contribution in [0, 0.1) is 5.82 Å². The largest absolute Gasteiger partial charge is 0.462 e. The van der Waals surface area contributed by atoms with Crippen molar-refractivity contribution in [2.75, 3.05) is 13.2 Å². The third kappa shape index (κ3) is 6.11. The van der Waals surface area contributed by atoms with Crippen molar-refractivity contribution in [3.63, 3.8) is 0 Å². The standard InChI is InChI=1S/C16H22FNO4/c1-5-21-14(19)13-7-6-12(17)10-11(13)8-9-18-15(20)22-16(2,3)4/h6-7,10H,5,8-9H2,1-4H3,(H,18,20). The minimum Gasteiger partial charge on any atom is -0.462 e. The minimum atomic E-state index is -0.584. The number of rotatable bonds is 5. The van der Waals surface area contributed by atoms with Crippen LogP contribution in [0.1, 0.15) is 43.6 Å². The average Bonchev–Trinajstić information content (AvgIpc) is 2.36. The highest BCUT2D eigenvalue weighted by molar-refractivity contribution is 5.91. The van der Waals surface area contributed by atoms with Gasteiger partial charge in [0.1, 0.15) is 11.4 Å². The Balaban J connectivity index is 2.67. The van der Waals surface area contributed by atoms with E-state index in [4.69, 9.17) is 9.47 Å². The van der Waals surface area contributed by atoms with Gasteiger partial charge in [-0.3, -0.25) is 0 Å². The van der Waals surface area contributed by atoms with Crippen molar-refractivity contribution in [3.8, 4) is 0 Å². The van der Waals surface area contributed by atoms with Crippen LogP contribution in [0.3, 0.4) is 0 Å². The summed E-state index contributed by atoms with van der Waals surface area (Å²) >= 11 is 0. The molecule has 0 aliphatic heterocycles. The smallest absolute Gasteiger partial charge is 0.407 e. The Bertz CT molecular complexity index is 537. The first kappa shape index (κ1) is 17.9. The van der Waals surface area contributed by atoms with Gasteiger partial charge in [-0.15, -0.1) is 0 Å². The SMILES string of the molecule is CCOC(=O)c1ccc(F)cc1CCNC(=O)OC(C)(C)C. The van der Waals surface area contributed by atoms with Gasteiger partial charge < -0.3 is 14.8 Å². The molecule has 1 rings (SSSR count). The summed E-state index contributed by atoms with van der Waals surface area (Å²) in [5.74, 6) is -0.949. The van der Waals surface area contributed by atoms with E-state index in [0.29, 0.717) is 17.5 Å². The molecule has 22 heavy (non-hydrogen) atoms. The lowest BCUT2D eigenvalue weighted by Crippen LogP contribution is -2.33. The fourth-order valence-corrected chi connectivity index (χ4v) is 1.79. The molecular weight excluding hydrogens is 289 g/mol. The van der Waals surface area contributed by atoms with E-state index in [9.17, 15) is 14.0 Å². The number of nitrogens with one attached hydrogen (secondary N) is 1. The van der Waals surface area contributed by atoms with Gasteiger partial charge in [0.05, 0.1) is 12.2 Å². The fourth-order valence-electron chi connectivity index (χ4n) is 1.79. The average molecular weight is 311 g/mol. The van der Waals surface area contributed by atoms with Crippen LogP contribution in [-0.4, -0.2) is 30.8 Å². The van der Waals surface area contributed by atoms with Crippen molar-refractivity contribution in [2.24, 2.45) is 0 Å². The lowest BCUT2D eigenvalue weighted by Gasteiger charge is -2.19. The molecule has 5 nitrogen and oxygen atoms in total. The Kier molecular flexibility index (Phi) is 6.34. The highest BCUT2D eigenvalue weighted by atomic mass is 19.1. The molecule has 0 saturated carbocycles. The zero-order chi connectivity index (χ0) is 16.8. The summed E-state index contributed by atoms with van der Waals surface area (Å²) in [5.41, 5.74) is 0.197. The maximum Gasteiger partial charge on any atom is 0.407 e. The number of hydrogen-bond acceptors (Lipinski definition) is 4. The number of halogens is 1. The molecule has 0 aliphatic rings. The van der Waals surface area contributed by atoms with Gasteiger partial charge in [-0.2, -0.15) is 0 Å². The van der Waals surface area contributed by atoms with E-state index in [2.05, 4.69) is 5.32 Å². The fraction of sp³-hybridized carbons (Fsp3) is 0.500. The van der Waals surface area contributed by atoms with Crippen LogP contribution >= 0.6 is 0 Å². The highest BCUT2D eigenvalue weighted by Gasteiger charge is 2.17. The number of alkyl carbamates (subject to hydrolysis) is 1. The van der Waals surface area contributed by atoms with Crippen molar-refractivity contribution >= 4 is 12.1 Å². The quantitative estimate of drug-likeness (QED) is 0.849. The van der Waals surface area contributed by atoms with Gasteiger partial charge in [-0.25, -0.2) is 14.0 Å². The van der Waals surface area contributed by atoms with E-state index >= 15 is 0 Å². The van der Waals surface area contributed by atoms with E-state index in [-0.39, 0.29) is 13.2 Å². The zero-order valence-corrected chi connectivity index (χ0v) is 13.4. The second kappa shape index (κ2) is 7.77. The normalized spacial score (nSPS) is 11.0. The van der Waals surface area contributed by atoms with Crippen LogP contribution in [0.5, 0.6) is 0 Å². The lowest BCUT2D eigenvalue weighted by molar-refractivity contribution is 0.0521. The van der Waals surface area contributed by atoms with Crippen molar-refractivity contribution in [1.82, 2.24) is 5.32 Å². The zero-order valence-electron chi connectivity index (χ0n) is 13.4. The predicted octanol–water partition coefficient (Wildman–Crippen LogP) is 3.07. The highest BCUT2D eigenvalue weighted by Crippen LogP contribution is 2.14. The first-order valence-electron chi connectivity index (χ1n) is 7.15. The monoisotopic (exact) mass is 311 g/mol. The van der Waals surface area contributed by atoms with Crippen LogP contribution in [0.25, 0.3) is 0 Å². The molecule has 1 N–H and O–H groups in total. The molecule has 0 radical (unpaired) electrons. The second-order valence-electron chi connectivity index (χ2n) is 5.70. The summed E-state index contributed by atoms with van der Waals surface area (Å²) in [4.78, 5) is 23.3. The van der Waals surface area contributed by atoms with Gasteiger partial charge in [0, 0.05) is 6.54 Å². The van der Waals surface area contributed by atoms with Crippen molar-refractivity contribution < 1.29 is 23.5 Å². The third-order valence-electron chi connectivity index (χ3n) is 2.63. The summed E-state index contributed by atoms with van der Waals surface area (Å²) in [5, 5.41) is 2.57. The Morgan fingerprint density at radius 2 is 1.95 bits per heavy atom. The van der Waals surface area contributed by atoms with E-state index in [1.807, 2.05) is 0 Å². The Labute approximate surface area is 129 Å². The van der Waals surface area contributed by atoms with E-state index in [0.717, 1.165) is 0 Å². The van der Waals surface area contributed by atoms with Crippen molar-refractivity contribution in [2.45, 2.75) is 39.7 Å². The molecule has 0 heterocycles. The van der Waals surface area contributed by atoms with Gasteiger partial charge in [-0.1, -0.05) is 0 Å². The summed E-state index contributed by atoms with van der Waals surface area (Å²) in [6.45, 7) is 7.45. The molecule has 0 fully saturated rings. The predicted molar refractivity (Wildman–Crippen MR) is 80.3 cm³/mol. The maximum atomic E-state index is 13.3. The second-order valence-corrected chi connectivity index (χ2v) is 5.70. The number of carbonyl (C=O) groups excluding carboxylic acids is 2. The van der Waals surface area contributed by atoms with Gasteiger partial charge in [-0.05, 0) is 57.9 Å². The first-order chi connectivity index (χ1) is 10.2. The molecule has 122 valence electrons. The van der Waals surface area contributed by atoms with Gasteiger partial charge in [0.2, 0.25) is 0 Å². The number of carbonyl (C=O) groups is 2. The van der Waals surface area contributed by atoms with Crippen LogP contribution < -0.4 is 5.32 Å². The maximum absolute atomic E-state index is 13.3. The van der Waals surface area contributed by atoms with Crippen LogP contribution in [-0.2, 0) is 15.9 Å². The molecule has 1 amide bonds. The van der Waals surface area contributed by atoms with Gasteiger partial charge >= 0.3 is 12.1 Å². The molecule has 0 saturated heterocycles. The number of benzene rings is 1. The molecule has 0 spiro atoms. The topological polar surface area (TPSA) is 64.6 Å². The Morgan fingerprint density at radius 1 is 1.27 bits per heavy atom. The third-order valence-corrected chi connectivity index (χ3v) is 2.63. The molecule has 0 aliphatic carbocycles. The molecule has 0 bridgehead atoms. The molecule has 1 aromatic rings. The Hall–Kier alpha value is -2.11. The summed E-state index contributed by atoms with van der Waals surface area (Å²) in [7, 11) is 0. The van der Waals surface area contributed by atoms with E-state index in [1.54, 1.807) is 27.7 Å². The van der Waals surface area contributed by atoms with Crippen LogP contribution in [0.2, 0.25) is 0 Å². The molecule has 1 aromatic carbocycles. The summed E-state index contributed by atoms with van der Waals surface area (Å²) in [6, 6.07) is 3.86. The number of hydrogen-bond donors (Lipinski definition) is 1. The first-order valence-corrected chi connectivity index (χ1v) is 7.15. The van der Waals surface area contributed by atoms with E-state index < -0.39 is 23.5 Å². The number of amides is 1. The number of ether oxygens (including phenoxy) is 2. The molecule has 0 atom stereocenters. The summed E-state index contributed by atoms with van der Waals surface area (Å²) < 4.78 is 23.4. The lowest BCUT2D eigenvalue weighted by atomic mass is 10.0. The van der Waals surface area contributed by atoms with Gasteiger partial charge in [0.15, 0.2) is 0 Å². The van der Waals surface area contributed by atoms with E-state index in [1.165, 1.54) is 18.2 Å².